The van der Waals surface area contributed by atoms with Crippen LogP contribution in [0.2, 0.25) is 5.02 Å². The van der Waals surface area contributed by atoms with Gasteiger partial charge in [0.1, 0.15) is 11.5 Å². The number of carboxylic acids is 1. The Balaban J connectivity index is 1.59. The lowest BCUT2D eigenvalue weighted by Gasteiger charge is -2.25. The molecular weight excluding hydrogens is 540 g/mol. The van der Waals surface area contributed by atoms with E-state index in [-0.39, 0.29) is 22.8 Å². The van der Waals surface area contributed by atoms with E-state index in [2.05, 4.69) is 4.99 Å². The fraction of sp³-hybridized carbons (Fsp3) is 0.172. The molecule has 1 atom stereocenters. The highest BCUT2D eigenvalue weighted by Crippen LogP contribution is 2.31. The highest BCUT2D eigenvalue weighted by atomic mass is 35.5. The summed E-state index contributed by atoms with van der Waals surface area (Å²) in [5.41, 5.74) is 2.00. The maximum Gasteiger partial charge on any atom is 0.338 e. The third-order valence-electron chi connectivity index (χ3n) is 6.09. The van der Waals surface area contributed by atoms with Crippen LogP contribution in [0.4, 0.5) is 0 Å². The molecule has 8 nitrogen and oxygen atoms in total. The summed E-state index contributed by atoms with van der Waals surface area (Å²) in [6.45, 7) is 5.25. The predicted octanol–water partition coefficient (Wildman–Crippen LogP) is 4.80. The van der Waals surface area contributed by atoms with Gasteiger partial charge in [0, 0.05) is 16.7 Å². The van der Waals surface area contributed by atoms with Crippen molar-refractivity contribution >= 4 is 41.0 Å². The number of furan rings is 1. The molecule has 0 saturated carbocycles. The molecule has 0 fully saturated rings. The molecule has 0 amide bonds. The van der Waals surface area contributed by atoms with Crippen molar-refractivity contribution in [2.75, 3.05) is 0 Å². The van der Waals surface area contributed by atoms with Crippen LogP contribution < -0.4 is 14.9 Å². The maximum atomic E-state index is 13.7. The second kappa shape index (κ2) is 10.5. The number of carbonyl (C=O) groups excluding carboxylic acids is 1. The third-order valence-corrected chi connectivity index (χ3v) is 7.32. The molecule has 0 aliphatic carbocycles. The van der Waals surface area contributed by atoms with Crippen molar-refractivity contribution in [3.05, 3.63) is 114 Å². The number of rotatable bonds is 6. The Kier molecular flexibility index (Phi) is 7.12. The monoisotopic (exact) mass is 562 g/mol. The Morgan fingerprint density at radius 2 is 1.79 bits per heavy atom. The predicted molar refractivity (Wildman–Crippen MR) is 148 cm³/mol. The van der Waals surface area contributed by atoms with Crippen LogP contribution in [0.25, 0.3) is 17.4 Å². The highest BCUT2D eigenvalue weighted by Gasteiger charge is 2.33. The number of thiazole rings is 1. The molecule has 0 radical (unpaired) electrons. The van der Waals surface area contributed by atoms with Gasteiger partial charge < -0.3 is 14.3 Å². The summed E-state index contributed by atoms with van der Waals surface area (Å²) in [4.78, 5) is 43.0. The summed E-state index contributed by atoms with van der Waals surface area (Å²) in [7, 11) is 0. The van der Waals surface area contributed by atoms with E-state index in [1.54, 1.807) is 75.4 Å². The molecule has 1 aliphatic heterocycles. The van der Waals surface area contributed by atoms with E-state index in [1.165, 1.54) is 28.0 Å². The van der Waals surface area contributed by atoms with Crippen LogP contribution in [0.3, 0.4) is 0 Å². The van der Waals surface area contributed by atoms with Gasteiger partial charge >= 0.3 is 11.9 Å². The highest BCUT2D eigenvalue weighted by molar-refractivity contribution is 7.07. The summed E-state index contributed by atoms with van der Waals surface area (Å²) in [5, 5.41) is 9.65. The van der Waals surface area contributed by atoms with E-state index < -0.39 is 18.0 Å². The molecule has 4 aromatic rings. The summed E-state index contributed by atoms with van der Waals surface area (Å²) in [6.07, 6.45) is 1.28. The smallest absolute Gasteiger partial charge is 0.338 e. The molecule has 1 N–H and O–H groups in total. The number of esters is 1. The van der Waals surface area contributed by atoms with E-state index in [9.17, 15) is 14.4 Å². The number of aromatic carboxylic acids is 1. The Hall–Kier alpha value is -4.21. The Morgan fingerprint density at radius 3 is 2.44 bits per heavy atom. The number of nitrogens with zero attached hydrogens (tertiary/aromatic N) is 2. The fourth-order valence-corrected chi connectivity index (χ4v) is 5.47. The molecule has 2 aromatic heterocycles. The average Bonchev–Trinajstić information content (AvgIpc) is 3.48. The first kappa shape index (κ1) is 26.4. The van der Waals surface area contributed by atoms with Gasteiger partial charge in [0.2, 0.25) is 0 Å². The zero-order valence-corrected chi connectivity index (χ0v) is 22.7. The zero-order valence-electron chi connectivity index (χ0n) is 21.2. The molecule has 1 aliphatic rings. The van der Waals surface area contributed by atoms with Crippen molar-refractivity contribution in [3.63, 3.8) is 0 Å². The third kappa shape index (κ3) is 5.23. The standard InChI is InChI=1S/C29H23ClN2O6S/c1-15(2)37-28(36)24-16(3)31-29-32(25(24)18-8-10-20(30)11-9-18)26(33)23(39-29)14-21-12-13-22(38-21)17-4-6-19(7-5-17)27(34)35/h4-15,25H,1-3H3,(H,34,35)/b23-14-/t25-/m1/s1. The van der Waals surface area contributed by atoms with E-state index in [0.717, 1.165) is 0 Å². The van der Waals surface area contributed by atoms with Crippen LogP contribution >= 0.6 is 22.9 Å². The molecule has 2 aromatic carbocycles. The zero-order chi connectivity index (χ0) is 27.8. The minimum atomic E-state index is -1.01. The molecule has 0 saturated heterocycles. The second-order valence-corrected chi connectivity index (χ2v) is 10.6. The SMILES string of the molecule is CC1=C(C(=O)OC(C)C)[C@@H](c2ccc(Cl)cc2)n2c(s/c(=C\c3ccc(-c4ccc(C(=O)O)cc4)o3)c2=O)=N1. The van der Waals surface area contributed by atoms with Crippen molar-refractivity contribution in [1.29, 1.82) is 0 Å². The lowest BCUT2D eigenvalue weighted by Crippen LogP contribution is -2.40. The largest absolute Gasteiger partial charge is 0.478 e. The van der Waals surface area contributed by atoms with Gasteiger partial charge in [-0.25, -0.2) is 14.6 Å². The number of ether oxygens (including phenoxy) is 1. The summed E-state index contributed by atoms with van der Waals surface area (Å²) in [6, 6.07) is 16.0. The van der Waals surface area contributed by atoms with Crippen LogP contribution in [-0.2, 0) is 9.53 Å². The number of benzene rings is 2. The average molecular weight is 563 g/mol. The molecule has 0 unspecified atom stereocenters. The fourth-order valence-electron chi connectivity index (χ4n) is 4.31. The van der Waals surface area contributed by atoms with Gasteiger partial charge in [-0.05, 0) is 62.7 Å². The molecule has 0 spiro atoms. The van der Waals surface area contributed by atoms with Crippen LogP contribution in [0.15, 0.2) is 86.1 Å². The van der Waals surface area contributed by atoms with Crippen LogP contribution in [0, 0.1) is 0 Å². The lowest BCUT2D eigenvalue weighted by molar-refractivity contribution is -0.143. The molecular formula is C29H23ClN2O6S. The molecule has 3 heterocycles. The van der Waals surface area contributed by atoms with E-state index in [0.29, 0.717) is 42.7 Å². The minimum Gasteiger partial charge on any atom is -0.478 e. The number of carboxylic acid groups (broad SMARTS) is 1. The normalized spacial score (nSPS) is 15.3. The number of allylic oxidation sites excluding steroid dienone is 1. The molecule has 0 bridgehead atoms. The van der Waals surface area contributed by atoms with Gasteiger partial charge in [-0.2, -0.15) is 0 Å². The van der Waals surface area contributed by atoms with Gasteiger partial charge in [0.05, 0.1) is 33.5 Å². The van der Waals surface area contributed by atoms with Crippen LogP contribution in [0.1, 0.15) is 48.5 Å². The number of hydrogen-bond donors (Lipinski definition) is 1. The number of hydrogen-bond acceptors (Lipinski definition) is 7. The summed E-state index contributed by atoms with van der Waals surface area (Å²) in [5.74, 6) is -0.578. The van der Waals surface area contributed by atoms with Crippen LogP contribution in [-0.4, -0.2) is 27.7 Å². The van der Waals surface area contributed by atoms with Crippen molar-refractivity contribution in [2.45, 2.75) is 32.9 Å². The molecule has 39 heavy (non-hydrogen) atoms. The molecule has 5 rings (SSSR count). The van der Waals surface area contributed by atoms with Gasteiger partial charge in [-0.3, -0.25) is 9.36 Å². The number of aromatic nitrogens is 1. The lowest BCUT2D eigenvalue weighted by atomic mass is 9.96. The first-order valence-corrected chi connectivity index (χ1v) is 13.2. The second-order valence-electron chi connectivity index (χ2n) is 9.17. The van der Waals surface area contributed by atoms with Crippen molar-refractivity contribution in [3.8, 4) is 11.3 Å². The minimum absolute atomic E-state index is 0.175. The van der Waals surface area contributed by atoms with Crippen molar-refractivity contribution < 1.29 is 23.8 Å². The van der Waals surface area contributed by atoms with Gasteiger partial charge in [-0.1, -0.05) is 47.2 Å². The molecule has 10 heteroatoms. The Morgan fingerprint density at radius 1 is 1.10 bits per heavy atom. The van der Waals surface area contributed by atoms with Gasteiger partial charge in [0.15, 0.2) is 4.80 Å². The van der Waals surface area contributed by atoms with Gasteiger partial charge in [-0.15, -0.1) is 0 Å². The Labute approximate surface area is 231 Å². The topological polar surface area (TPSA) is 111 Å². The number of halogens is 1. The quantitative estimate of drug-likeness (QED) is 0.338. The van der Waals surface area contributed by atoms with E-state index in [1.807, 2.05) is 0 Å². The first-order chi connectivity index (χ1) is 18.6. The maximum absolute atomic E-state index is 13.7. The van der Waals surface area contributed by atoms with Crippen molar-refractivity contribution in [2.24, 2.45) is 4.99 Å². The Bertz CT molecular complexity index is 1790. The van der Waals surface area contributed by atoms with Gasteiger partial charge in [0.25, 0.3) is 5.56 Å². The number of carbonyl (C=O) groups is 2. The summed E-state index contributed by atoms with van der Waals surface area (Å²) >= 11 is 7.30. The summed E-state index contributed by atoms with van der Waals surface area (Å²) < 4.78 is 13.3. The molecule has 198 valence electrons. The number of fused-ring (bicyclic) bond motifs is 1. The van der Waals surface area contributed by atoms with E-state index >= 15 is 0 Å². The van der Waals surface area contributed by atoms with E-state index in [4.69, 9.17) is 25.9 Å². The van der Waals surface area contributed by atoms with Crippen LogP contribution in [0.5, 0.6) is 0 Å². The van der Waals surface area contributed by atoms with Crippen molar-refractivity contribution in [1.82, 2.24) is 4.57 Å². The first-order valence-electron chi connectivity index (χ1n) is 12.0.